The van der Waals surface area contributed by atoms with E-state index in [-0.39, 0.29) is 11.1 Å². The molecule has 28 heavy (non-hydrogen) atoms. The Balaban J connectivity index is 1.51. The van der Waals surface area contributed by atoms with Gasteiger partial charge in [-0.15, -0.1) is 0 Å². The van der Waals surface area contributed by atoms with E-state index < -0.39 is 0 Å². The predicted molar refractivity (Wildman–Crippen MR) is 113 cm³/mol. The molecule has 5 nitrogen and oxygen atoms in total. The van der Waals surface area contributed by atoms with Gasteiger partial charge in [-0.2, -0.15) is 0 Å². The Morgan fingerprint density at radius 2 is 1.68 bits per heavy atom. The smallest absolute Gasteiger partial charge is 0.261 e. The Labute approximate surface area is 166 Å². The normalized spacial score (nSPS) is 17.8. The highest BCUT2D eigenvalue weighted by Crippen LogP contribution is 2.24. The van der Waals surface area contributed by atoms with Gasteiger partial charge in [-0.1, -0.05) is 42.5 Å². The lowest BCUT2D eigenvalue weighted by molar-refractivity contribution is 0.00888. The quantitative estimate of drug-likeness (QED) is 0.702. The third kappa shape index (κ3) is 3.73. The van der Waals surface area contributed by atoms with Crippen LogP contribution in [0.3, 0.4) is 0 Å². The summed E-state index contributed by atoms with van der Waals surface area (Å²) in [6.07, 6.45) is 0. The molecule has 2 heterocycles. The highest BCUT2D eigenvalue weighted by atomic mass is 16.1. The largest absolute Gasteiger partial charge is 0.298 e. The molecule has 1 aromatic heterocycles. The zero-order valence-corrected chi connectivity index (χ0v) is 16.9. The minimum absolute atomic E-state index is 0.0302. The molecule has 1 saturated heterocycles. The van der Waals surface area contributed by atoms with Crippen LogP contribution in [-0.2, 0) is 20.1 Å². The van der Waals surface area contributed by atoms with Crippen molar-refractivity contribution in [3.63, 3.8) is 0 Å². The molecule has 0 radical (unpaired) electrons. The van der Waals surface area contributed by atoms with Gasteiger partial charge in [0.15, 0.2) is 0 Å². The number of hydrogen-bond acceptors (Lipinski definition) is 4. The fourth-order valence-corrected chi connectivity index (χ4v) is 4.13. The Morgan fingerprint density at radius 3 is 2.43 bits per heavy atom. The summed E-state index contributed by atoms with van der Waals surface area (Å²) in [7, 11) is 1.83. The Kier molecular flexibility index (Phi) is 5.04. The van der Waals surface area contributed by atoms with Crippen molar-refractivity contribution < 1.29 is 0 Å². The van der Waals surface area contributed by atoms with Gasteiger partial charge < -0.3 is 0 Å². The molecule has 5 heteroatoms. The first-order valence-electron chi connectivity index (χ1n) is 9.90. The topological polar surface area (TPSA) is 41.4 Å². The number of benzene rings is 2. The number of piperazine rings is 1. The number of aromatic nitrogens is 2. The first-order chi connectivity index (χ1) is 13.4. The van der Waals surface area contributed by atoms with Crippen LogP contribution in [0.25, 0.3) is 10.9 Å². The lowest BCUT2D eigenvalue weighted by Gasteiger charge is -2.47. The molecular weight excluding hydrogens is 348 g/mol. The van der Waals surface area contributed by atoms with Crippen LogP contribution in [0.5, 0.6) is 0 Å². The summed E-state index contributed by atoms with van der Waals surface area (Å²) in [6, 6.07) is 18.2. The molecule has 146 valence electrons. The molecule has 0 saturated carbocycles. The third-order valence-corrected chi connectivity index (χ3v) is 5.81. The summed E-state index contributed by atoms with van der Waals surface area (Å²) in [5, 5.41) is 0.682. The fraction of sp³-hybridized carbons (Fsp3) is 0.391. The van der Waals surface area contributed by atoms with Gasteiger partial charge >= 0.3 is 0 Å². The first kappa shape index (κ1) is 18.8. The van der Waals surface area contributed by atoms with Gasteiger partial charge in [0, 0.05) is 38.8 Å². The van der Waals surface area contributed by atoms with Gasteiger partial charge in [-0.3, -0.25) is 19.2 Å². The van der Waals surface area contributed by atoms with Crippen molar-refractivity contribution in [3.05, 3.63) is 76.3 Å². The molecule has 4 rings (SSSR count). The van der Waals surface area contributed by atoms with Crippen molar-refractivity contribution in [2.75, 3.05) is 19.6 Å². The van der Waals surface area contributed by atoms with E-state index in [1.54, 1.807) is 4.57 Å². The molecular formula is C23H28N4O. The van der Waals surface area contributed by atoms with Gasteiger partial charge in [0.05, 0.1) is 17.4 Å². The molecule has 0 atom stereocenters. The SMILES string of the molecule is Cn1c(CN2CCN(Cc3ccccc3)C(C)(C)C2)nc2ccccc2c1=O. The molecule has 1 aliphatic heterocycles. The van der Waals surface area contributed by atoms with Crippen LogP contribution in [-0.4, -0.2) is 44.5 Å². The molecule has 0 bridgehead atoms. The van der Waals surface area contributed by atoms with Crippen LogP contribution in [0, 0.1) is 0 Å². The maximum atomic E-state index is 12.7. The second-order valence-electron chi connectivity index (χ2n) is 8.34. The summed E-state index contributed by atoms with van der Waals surface area (Å²) in [4.78, 5) is 22.4. The summed E-state index contributed by atoms with van der Waals surface area (Å²) in [6.45, 7) is 9.18. The maximum absolute atomic E-state index is 12.7. The number of para-hydroxylation sites is 1. The van der Waals surface area contributed by atoms with E-state index in [0.717, 1.165) is 37.5 Å². The standard InChI is InChI=1S/C23H28N4O/c1-23(2)17-26(13-14-27(23)15-18-9-5-4-6-10-18)16-21-24-20-12-8-7-11-19(20)22(28)25(21)3/h4-12H,13-17H2,1-3H3. The number of nitrogens with zero attached hydrogens (tertiary/aromatic N) is 4. The first-order valence-corrected chi connectivity index (χ1v) is 9.90. The minimum atomic E-state index is 0.0302. The van der Waals surface area contributed by atoms with Crippen molar-refractivity contribution >= 4 is 10.9 Å². The van der Waals surface area contributed by atoms with Crippen molar-refractivity contribution in [1.29, 1.82) is 0 Å². The molecule has 0 unspecified atom stereocenters. The van der Waals surface area contributed by atoms with Crippen molar-refractivity contribution in [3.8, 4) is 0 Å². The third-order valence-electron chi connectivity index (χ3n) is 5.81. The molecule has 1 fully saturated rings. The molecule has 0 N–H and O–H groups in total. The highest BCUT2D eigenvalue weighted by Gasteiger charge is 2.33. The average Bonchev–Trinajstić information content (AvgIpc) is 2.68. The van der Waals surface area contributed by atoms with Crippen LogP contribution in [0.15, 0.2) is 59.4 Å². The van der Waals surface area contributed by atoms with E-state index in [1.165, 1.54) is 5.56 Å². The van der Waals surface area contributed by atoms with E-state index in [0.29, 0.717) is 11.9 Å². The van der Waals surface area contributed by atoms with Gasteiger partial charge in [-0.05, 0) is 31.5 Å². The Morgan fingerprint density at radius 1 is 0.964 bits per heavy atom. The molecule has 0 amide bonds. The maximum Gasteiger partial charge on any atom is 0.261 e. The van der Waals surface area contributed by atoms with Crippen LogP contribution < -0.4 is 5.56 Å². The zero-order chi connectivity index (χ0) is 19.7. The van der Waals surface area contributed by atoms with E-state index in [9.17, 15) is 4.79 Å². The molecule has 3 aromatic rings. The van der Waals surface area contributed by atoms with Crippen molar-refractivity contribution in [2.45, 2.75) is 32.5 Å². The summed E-state index contributed by atoms with van der Waals surface area (Å²) in [5.74, 6) is 0.830. The van der Waals surface area contributed by atoms with E-state index in [2.05, 4.69) is 54.0 Å². The van der Waals surface area contributed by atoms with E-state index >= 15 is 0 Å². The average molecular weight is 377 g/mol. The number of rotatable bonds is 4. The summed E-state index contributed by atoms with van der Waals surface area (Å²) in [5.41, 5.74) is 2.22. The van der Waals surface area contributed by atoms with Crippen LogP contribution in [0.4, 0.5) is 0 Å². The van der Waals surface area contributed by atoms with E-state index in [1.807, 2.05) is 31.3 Å². The van der Waals surface area contributed by atoms with Crippen molar-refractivity contribution in [2.24, 2.45) is 7.05 Å². The zero-order valence-electron chi connectivity index (χ0n) is 16.9. The molecule has 1 aliphatic rings. The van der Waals surface area contributed by atoms with Crippen LogP contribution in [0.1, 0.15) is 25.2 Å². The number of hydrogen-bond donors (Lipinski definition) is 0. The van der Waals surface area contributed by atoms with Gasteiger partial charge in [0.25, 0.3) is 5.56 Å². The Bertz CT molecular complexity index is 1030. The number of fused-ring (bicyclic) bond motifs is 1. The van der Waals surface area contributed by atoms with Gasteiger partial charge in [0.1, 0.15) is 5.82 Å². The van der Waals surface area contributed by atoms with Gasteiger partial charge in [-0.25, -0.2) is 4.98 Å². The lowest BCUT2D eigenvalue weighted by atomic mass is 9.97. The second kappa shape index (κ2) is 7.49. The summed E-state index contributed by atoms with van der Waals surface area (Å²) >= 11 is 0. The highest BCUT2D eigenvalue weighted by molar-refractivity contribution is 5.77. The minimum Gasteiger partial charge on any atom is -0.298 e. The van der Waals surface area contributed by atoms with Crippen molar-refractivity contribution in [1.82, 2.24) is 19.4 Å². The lowest BCUT2D eigenvalue weighted by Crippen LogP contribution is -2.58. The molecule has 0 aliphatic carbocycles. The van der Waals surface area contributed by atoms with Crippen LogP contribution >= 0.6 is 0 Å². The molecule has 2 aromatic carbocycles. The van der Waals surface area contributed by atoms with Crippen LogP contribution in [0.2, 0.25) is 0 Å². The predicted octanol–water partition coefficient (Wildman–Crippen LogP) is 3.03. The molecule has 0 spiro atoms. The Hall–Kier alpha value is -2.50. The monoisotopic (exact) mass is 376 g/mol. The summed E-state index contributed by atoms with van der Waals surface area (Å²) < 4.78 is 1.70. The van der Waals surface area contributed by atoms with Gasteiger partial charge in [0.2, 0.25) is 0 Å². The fourth-order valence-electron chi connectivity index (χ4n) is 4.13. The second-order valence-corrected chi connectivity index (χ2v) is 8.34. The van der Waals surface area contributed by atoms with E-state index in [4.69, 9.17) is 4.98 Å².